The van der Waals surface area contributed by atoms with Crippen LogP contribution in [0.25, 0.3) is 0 Å². The van der Waals surface area contributed by atoms with Crippen molar-refractivity contribution in [3.05, 3.63) is 96.1 Å². The van der Waals surface area contributed by atoms with E-state index in [2.05, 4.69) is 4.40 Å². The molecule has 0 atom stereocenters. The molecule has 27 heavy (non-hydrogen) atoms. The lowest BCUT2D eigenvalue weighted by molar-refractivity contribution is 0.598. The summed E-state index contributed by atoms with van der Waals surface area (Å²) in [5.41, 5.74) is 2.88. The Morgan fingerprint density at radius 1 is 0.852 bits per heavy atom. The van der Waals surface area contributed by atoms with Crippen molar-refractivity contribution in [2.24, 2.45) is 4.40 Å². The number of hydrogen-bond acceptors (Lipinski definition) is 2. The van der Waals surface area contributed by atoms with Gasteiger partial charge >= 0.3 is 0 Å². The van der Waals surface area contributed by atoms with Crippen molar-refractivity contribution >= 4 is 21.5 Å². The highest BCUT2D eigenvalue weighted by molar-refractivity contribution is 7.90. The van der Waals surface area contributed by atoms with Crippen molar-refractivity contribution in [1.29, 1.82) is 0 Å². The number of nitrogens with zero attached hydrogens (tertiary/aromatic N) is 2. The van der Waals surface area contributed by atoms with Crippen molar-refractivity contribution in [2.45, 2.75) is 18.2 Å². The summed E-state index contributed by atoms with van der Waals surface area (Å²) in [4.78, 5) is 2.01. The van der Waals surface area contributed by atoms with Gasteiger partial charge in [-0.3, -0.25) is 0 Å². The molecule has 0 saturated heterocycles. The summed E-state index contributed by atoms with van der Waals surface area (Å²) in [7, 11) is -1.97. The van der Waals surface area contributed by atoms with E-state index in [1.165, 1.54) is 0 Å². The lowest BCUT2D eigenvalue weighted by atomic mass is 10.1. The Hall–Kier alpha value is -2.92. The van der Waals surface area contributed by atoms with Gasteiger partial charge in [-0.05, 0) is 36.8 Å². The molecule has 0 unspecified atom stereocenters. The van der Waals surface area contributed by atoms with Gasteiger partial charge in [-0.15, -0.1) is 4.40 Å². The van der Waals surface area contributed by atoms with Gasteiger partial charge in [0.1, 0.15) is 5.84 Å². The molecule has 0 N–H and O–H groups in total. The van der Waals surface area contributed by atoms with Crippen LogP contribution in [-0.2, 0) is 16.4 Å². The molecule has 0 aromatic heterocycles. The van der Waals surface area contributed by atoms with Crippen LogP contribution in [0.1, 0.15) is 11.1 Å². The van der Waals surface area contributed by atoms with E-state index in [9.17, 15) is 8.42 Å². The van der Waals surface area contributed by atoms with E-state index in [1.807, 2.05) is 79.5 Å². The first-order chi connectivity index (χ1) is 13.0. The average molecular weight is 378 g/mol. The number of amidine groups is 1. The van der Waals surface area contributed by atoms with Gasteiger partial charge in [0.15, 0.2) is 0 Å². The molecule has 0 amide bonds. The molecule has 0 fully saturated rings. The minimum atomic E-state index is -3.80. The van der Waals surface area contributed by atoms with Crippen molar-refractivity contribution < 1.29 is 8.42 Å². The summed E-state index contributed by atoms with van der Waals surface area (Å²) in [6.07, 6.45) is 0.414. The molecule has 0 radical (unpaired) electrons. The molecule has 0 aliphatic heterocycles. The number of aryl methyl sites for hydroxylation is 1. The fraction of sp³-hybridized carbons (Fsp3) is 0.136. The minimum absolute atomic E-state index is 0.195. The Bertz CT molecular complexity index is 1010. The number of para-hydroxylation sites is 1. The lowest BCUT2D eigenvalue weighted by Crippen LogP contribution is -2.29. The van der Waals surface area contributed by atoms with Crippen LogP contribution < -0.4 is 4.90 Å². The molecule has 0 saturated carbocycles. The first kappa shape index (κ1) is 18.9. The van der Waals surface area contributed by atoms with E-state index < -0.39 is 10.0 Å². The van der Waals surface area contributed by atoms with E-state index in [1.54, 1.807) is 24.3 Å². The highest BCUT2D eigenvalue weighted by atomic mass is 32.2. The highest BCUT2D eigenvalue weighted by Gasteiger charge is 2.18. The first-order valence-electron chi connectivity index (χ1n) is 8.69. The van der Waals surface area contributed by atoms with E-state index >= 15 is 0 Å². The van der Waals surface area contributed by atoms with Crippen molar-refractivity contribution in [1.82, 2.24) is 0 Å². The predicted octanol–water partition coefficient (Wildman–Crippen LogP) is 4.46. The van der Waals surface area contributed by atoms with Gasteiger partial charge in [0.25, 0.3) is 10.0 Å². The average Bonchev–Trinajstić information content (AvgIpc) is 2.68. The molecule has 4 nitrogen and oxygen atoms in total. The third-order valence-corrected chi connectivity index (χ3v) is 5.60. The number of likely N-dealkylation sites (N-methyl/N-ethyl adjacent to an activating group) is 1. The summed E-state index contributed by atoms with van der Waals surface area (Å²) >= 11 is 0. The Kier molecular flexibility index (Phi) is 5.72. The van der Waals surface area contributed by atoms with Crippen LogP contribution in [0, 0.1) is 6.92 Å². The normalized spacial score (nSPS) is 12.0. The summed E-state index contributed by atoms with van der Waals surface area (Å²) in [6.45, 7) is 1.92. The molecule has 3 aromatic rings. The molecular weight excluding hydrogens is 356 g/mol. The molecule has 0 bridgehead atoms. The maximum absolute atomic E-state index is 12.9. The van der Waals surface area contributed by atoms with Gasteiger partial charge in [-0.25, -0.2) is 0 Å². The van der Waals surface area contributed by atoms with Crippen LogP contribution in [0.15, 0.2) is 94.2 Å². The summed E-state index contributed by atoms with van der Waals surface area (Å²) in [5, 5.41) is 0. The summed E-state index contributed by atoms with van der Waals surface area (Å²) in [5.74, 6) is 0.466. The van der Waals surface area contributed by atoms with E-state index in [0.29, 0.717) is 12.3 Å². The van der Waals surface area contributed by atoms with Crippen molar-refractivity contribution in [3.8, 4) is 0 Å². The molecule has 0 heterocycles. The minimum Gasteiger partial charge on any atom is -0.332 e. The number of sulfonamides is 1. The number of anilines is 1. The molecule has 3 aromatic carbocycles. The topological polar surface area (TPSA) is 49.7 Å². The zero-order valence-electron chi connectivity index (χ0n) is 15.4. The highest BCUT2D eigenvalue weighted by Crippen LogP contribution is 2.18. The van der Waals surface area contributed by atoms with E-state index in [4.69, 9.17) is 0 Å². The molecule has 0 spiro atoms. The maximum Gasteiger partial charge on any atom is 0.283 e. The van der Waals surface area contributed by atoms with Gasteiger partial charge in [-0.2, -0.15) is 8.42 Å². The first-order valence-corrected chi connectivity index (χ1v) is 10.1. The van der Waals surface area contributed by atoms with E-state index in [0.717, 1.165) is 16.8 Å². The molecule has 3 rings (SSSR count). The molecular formula is C22H22N2O2S. The monoisotopic (exact) mass is 378 g/mol. The fourth-order valence-corrected chi connectivity index (χ4v) is 3.74. The Labute approximate surface area is 160 Å². The summed E-state index contributed by atoms with van der Waals surface area (Å²) in [6, 6.07) is 26.1. The van der Waals surface area contributed by atoms with Crippen LogP contribution in [0.2, 0.25) is 0 Å². The second kappa shape index (κ2) is 8.18. The largest absolute Gasteiger partial charge is 0.332 e. The zero-order chi connectivity index (χ0) is 19.3. The third-order valence-electron chi connectivity index (χ3n) is 4.28. The number of hydrogen-bond donors (Lipinski definition) is 0. The predicted molar refractivity (Wildman–Crippen MR) is 111 cm³/mol. The van der Waals surface area contributed by atoms with Crippen LogP contribution in [0.5, 0.6) is 0 Å². The van der Waals surface area contributed by atoms with Gasteiger partial charge in [0.2, 0.25) is 0 Å². The van der Waals surface area contributed by atoms with E-state index in [-0.39, 0.29) is 4.90 Å². The summed E-state index contributed by atoms with van der Waals surface area (Å²) < 4.78 is 29.9. The second-order valence-corrected chi connectivity index (χ2v) is 7.96. The van der Waals surface area contributed by atoms with Crippen LogP contribution in [0.3, 0.4) is 0 Å². The molecule has 0 aliphatic rings. The Morgan fingerprint density at radius 2 is 1.41 bits per heavy atom. The van der Waals surface area contributed by atoms with Crippen molar-refractivity contribution in [3.63, 3.8) is 0 Å². The molecule has 5 heteroatoms. The van der Waals surface area contributed by atoms with Gasteiger partial charge in [0.05, 0.1) is 4.90 Å². The molecule has 138 valence electrons. The number of rotatable bonds is 5. The smallest absolute Gasteiger partial charge is 0.283 e. The SMILES string of the molecule is Cc1ccc(S(=O)(=O)/N=C(\Cc2ccccc2)N(C)c2ccccc2)cc1. The van der Waals surface area contributed by atoms with Gasteiger partial charge in [0, 0.05) is 19.2 Å². The van der Waals surface area contributed by atoms with Gasteiger partial charge in [-0.1, -0.05) is 66.2 Å². The zero-order valence-corrected chi connectivity index (χ0v) is 16.2. The second-order valence-electron chi connectivity index (χ2n) is 6.35. The van der Waals surface area contributed by atoms with Crippen molar-refractivity contribution in [2.75, 3.05) is 11.9 Å². The van der Waals surface area contributed by atoms with Crippen LogP contribution in [-0.4, -0.2) is 21.3 Å². The fourth-order valence-electron chi connectivity index (χ4n) is 2.69. The lowest BCUT2D eigenvalue weighted by Gasteiger charge is -2.21. The van der Waals surface area contributed by atoms with Crippen LogP contribution in [0.4, 0.5) is 5.69 Å². The Balaban J connectivity index is 2.02. The van der Waals surface area contributed by atoms with Gasteiger partial charge < -0.3 is 4.90 Å². The van der Waals surface area contributed by atoms with Crippen LogP contribution >= 0.6 is 0 Å². The quantitative estimate of drug-likeness (QED) is 0.486. The number of benzene rings is 3. The maximum atomic E-state index is 12.9. The molecule has 0 aliphatic carbocycles. The third kappa shape index (κ3) is 4.83. The standard InChI is InChI=1S/C22H22N2O2S/c1-18-13-15-21(16-14-18)27(25,26)23-22(17-19-9-5-3-6-10-19)24(2)20-11-7-4-8-12-20/h3-16H,17H2,1-2H3/b23-22+. The Morgan fingerprint density at radius 3 is 2.00 bits per heavy atom.